The van der Waals surface area contributed by atoms with Gasteiger partial charge in [-0.2, -0.15) is 5.26 Å². The first-order chi connectivity index (χ1) is 9.63. The maximum absolute atomic E-state index is 10.7. The fraction of sp³-hybridized carbons (Fsp3) is 0.571. The number of hydrogen-bond acceptors (Lipinski definition) is 5. The van der Waals surface area contributed by atoms with E-state index in [0.717, 1.165) is 19.3 Å². The van der Waals surface area contributed by atoms with Crippen LogP contribution in [0.2, 0.25) is 0 Å². The van der Waals surface area contributed by atoms with Crippen LogP contribution in [0.15, 0.2) is 12.3 Å². The Bertz CT molecular complexity index is 538. The maximum atomic E-state index is 10.7. The zero-order valence-electron chi connectivity index (χ0n) is 11.5. The van der Waals surface area contributed by atoms with Crippen molar-refractivity contribution in [2.75, 3.05) is 5.32 Å². The molecule has 0 radical (unpaired) electrons. The molecule has 2 atom stereocenters. The van der Waals surface area contributed by atoms with Gasteiger partial charge in [-0.3, -0.25) is 10.1 Å². The second-order valence-electron chi connectivity index (χ2n) is 5.24. The van der Waals surface area contributed by atoms with Gasteiger partial charge < -0.3 is 5.32 Å². The highest BCUT2D eigenvalue weighted by molar-refractivity contribution is 5.56. The normalized spacial score (nSPS) is 22.0. The van der Waals surface area contributed by atoms with Gasteiger partial charge in [-0.05, 0) is 18.8 Å². The predicted octanol–water partition coefficient (Wildman–Crippen LogP) is 3.24. The van der Waals surface area contributed by atoms with Crippen LogP contribution in [-0.4, -0.2) is 15.9 Å². The molecule has 0 amide bonds. The quantitative estimate of drug-likeness (QED) is 0.672. The van der Waals surface area contributed by atoms with E-state index in [1.54, 1.807) is 0 Å². The Labute approximate surface area is 118 Å². The molecule has 2 rings (SSSR count). The standard InChI is InChI=1S/C14H18N4O2/c1-2-10-4-3-5-12(6-10)17-14-11(8-15)7-13(9-16-14)18(19)20/h7,9-10,12H,2-6H2,1H3,(H,16,17). The van der Waals surface area contributed by atoms with Crippen LogP contribution >= 0.6 is 0 Å². The molecule has 0 saturated heterocycles. The predicted molar refractivity (Wildman–Crippen MR) is 75.3 cm³/mol. The summed E-state index contributed by atoms with van der Waals surface area (Å²) in [6.45, 7) is 2.19. The molecule has 0 bridgehead atoms. The number of nitrogens with one attached hydrogen (secondary N) is 1. The van der Waals surface area contributed by atoms with Crippen molar-refractivity contribution in [1.82, 2.24) is 4.98 Å². The van der Waals surface area contributed by atoms with E-state index in [2.05, 4.69) is 17.2 Å². The second kappa shape index (κ2) is 6.33. The van der Waals surface area contributed by atoms with Gasteiger partial charge in [0.1, 0.15) is 23.6 Å². The highest BCUT2D eigenvalue weighted by Gasteiger charge is 2.22. The molecule has 1 aliphatic rings. The number of aromatic nitrogens is 1. The third-order valence-corrected chi connectivity index (χ3v) is 3.91. The Morgan fingerprint density at radius 3 is 3.05 bits per heavy atom. The van der Waals surface area contributed by atoms with E-state index in [4.69, 9.17) is 5.26 Å². The molecule has 0 aliphatic heterocycles. The van der Waals surface area contributed by atoms with E-state index in [0.29, 0.717) is 17.8 Å². The highest BCUT2D eigenvalue weighted by atomic mass is 16.6. The van der Waals surface area contributed by atoms with Crippen LogP contribution in [0.5, 0.6) is 0 Å². The van der Waals surface area contributed by atoms with Gasteiger partial charge in [-0.15, -0.1) is 0 Å². The lowest BCUT2D eigenvalue weighted by atomic mass is 9.84. The zero-order chi connectivity index (χ0) is 14.5. The van der Waals surface area contributed by atoms with E-state index in [1.165, 1.54) is 25.1 Å². The van der Waals surface area contributed by atoms with Gasteiger partial charge in [0.2, 0.25) is 0 Å². The monoisotopic (exact) mass is 274 g/mol. The molecule has 0 aromatic carbocycles. The van der Waals surface area contributed by atoms with Crippen molar-refractivity contribution in [3.05, 3.63) is 27.9 Å². The number of nitrogens with zero attached hydrogens (tertiary/aromatic N) is 3. The fourth-order valence-corrected chi connectivity index (χ4v) is 2.74. The van der Waals surface area contributed by atoms with Crippen molar-refractivity contribution >= 4 is 11.5 Å². The SMILES string of the molecule is CCC1CCCC(Nc2ncc([N+](=O)[O-])cc2C#N)C1. The van der Waals surface area contributed by atoms with Crippen molar-refractivity contribution < 1.29 is 4.92 Å². The summed E-state index contributed by atoms with van der Waals surface area (Å²) in [7, 11) is 0. The summed E-state index contributed by atoms with van der Waals surface area (Å²) in [6, 6.07) is 3.55. The van der Waals surface area contributed by atoms with Crippen molar-refractivity contribution in [3.8, 4) is 6.07 Å². The van der Waals surface area contributed by atoms with E-state index in [1.807, 2.05) is 6.07 Å². The van der Waals surface area contributed by atoms with Gasteiger partial charge in [0, 0.05) is 12.1 Å². The summed E-state index contributed by atoms with van der Waals surface area (Å²) in [4.78, 5) is 14.2. The fourth-order valence-electron chi connectivity index (χ4n) is 2.74. The van der Waals surface area contributed by atoms with E-state index < -0.39 is 4.92 Å². The lowest BCUT2D eigenvalue weighted by molar-refractivity contribution is -0.385. The molecule has 1 fully saturated rings. The van der Waals surface area contributed by atoms with Crippen molar-refractivity contribution in [3.63, 3.8) is 0 Å². The number of nitriles is 1. The van der Waals surface area contributed by atoms with E-state index in [9.17, 15) is 10.1 Å². The minimum Gasteiger partial charge on any atom is -0.366 e. The molecule has 106 valence electrons. The van der Waals surface area contributed by atoms with Gasteiger partial charge >= 0.3 is 0 Å². The molecular weight excluding hydrogens is 256 g/mol. The van der Waals surface area contributed by atoms with Gasteiger partial charge in [0.15, 0.2) is 0 Å². The maximum Gasteiger partial charge on any atom is 0.289 e. The molecule has 1 saturated carbocycles. The number of hydrogen-bond donors (Lipinski definition) is 1. The van der Waals surface area contributed by atoms with Crippen LogP contribution in [0.1, 0.15) is 44.6 Å². The molecule has 1 aromatic rings. The minimum absolute atomic E-state index is 0.151. The van der Waals surface area contributed by atoms with Crippen LogP contribution in [0.3, 0.4) is 0 Å². The topological polar surface area (TPSA) is 91.8 Å². The highest BCUT2D eigenvalue weighted by Crippen LogP contribution is 2.29. The summed E-state index contributed by atoms with van der Waals surface area (Å²) in [5.41, 5.74) is 0.0833. The molecule has 0 spiro atoms. The van der Waals surface area contributed by atoms with Crippen LogP contribution in [0.4, 0.5) is 11.5 Å². The van der Waals surface area contributed by atoms with Gasteiger partial charge in [-0.1, -0.05) is 26.2 Å². The molecule has 6 heteroatoms. The number of pyridine rings is 1. The molecule has 1 N–H and O–H groups in total. The Balaban J connectivity index is 2.13. The van der Waals surface area contributed by atoms with Gasteiger partial charge in [0.25, 0.3) is 5.69 Å². The zero-order valence-corrected chi connectivity index (χ0v) is 11.5. The summed E-state index contributed by atoms with van der Waals surface area (Å²) < 4.78 is 0. The summed E-state index contributed by atoms with van der Waals surface area (Å²) in [5.74, 6) is 1.17. The molecule has 20 heavy (non-hydrogen) atoms. The van der Waals surface area contributed by atoms with Crippen molar-refractivity contribution in [2.45, 2.75) is 45.1 Å². The van der Waals surface area contributed by atoms with E-state index in [-0.39, 0.29) is 11.3 Å². The molecule has 1 aromatic heterocycles. The number of anilines is 1. The lowest BCUT2D eigenvalue weighted by Crippen LogP contribution is -2.27. The Morgan fingerprint density at radius 1 is 1.60 bits per heavy atom. The Morgan fingerprint density at radius 2 is 2.40 bits per heavy atom. The van der Waals surface area contributed by atoms with Gasteiger partial charge in [0.05, 0.1) is 4.92 Å². The Hall–Kier alpha value is -2.16. The van der Waals surface area contributed by atoms with Crippen LogP contribution < -0.4 is 5.32 Å². The first-order valence-electron chi connectivity index (χ1n) is 6.95. The molecule has 1 heterocycles. The average Bonchev–Trinajstić information content (AvgIpc) is 2.47. The van der Waals surface area contributed by atoms with E-state index >= 15 is 0 Å². The van der Waals surface area contributed by atoms with Crippen LogP contribution in [-0.2, 0) is 0 Å². The average molecular weight is 274 g/mol. The first-order valence-corrected chi connectivity index (χ1v) is 6.95. The van der Waals surface area contributed by atoms with Crippen LogP contribution in [0.25, 0.3) is 0 Å². The molecule has 2 unspecified atom stereocenters. The third-order valence-electron chi connectivity index (χ3n) is 3.91. The smallest absolute Gasteiger partial charge is 0.289 e. The van der Waals surface area contributed by atoms with Crippen molar-refractivity contribution in [1.29, 1.82) is 5.26 Å². The lowest BCUT2D eigenvalue weighted by Gasteiger charge is -2.29. The molecular formula is C14H18N4O2. The minimum atomic E-state index is -0.536. The second-order valence-corrected chi connectivity index (χ2v) is 5.24. The summed E-state index contributed by atoms with van der Waals surface area (Å²) in [6.07, 6.45) is 6.92. The van der Waals surface area contributed by atoms with Gasteiger partial charge in [-0.25, -0.2) is 4.98 Å². The first kappa shape index (κ1) is 14.3. The third kappa shape index (κ3) is 3.23. The largest absolute Gasteiger partial charge is 0.366 e. The molecule has 6 nitrogen and oxygen atoms in total. The van der Waals surface area contributed by atoms with Crippen molar-refractivity contribution in [2.24, 2.45) is 5.92 Å². The molecule has 1 aliphatic carbocycles. The summed E-state index contributed by atoms with van der Waals surface area (Å²) in [5, 5.41) is 23.1. The summed E-state index contributed by atoms with van der Waals surface area (Å²) >= 11 is 0. The Kier molecular flexibility index (Phi) is 4.51. The number of rotatable bonds is 4. The number of nitro groups is 1. The van der Waals surface area contributed by atoms with Crippen LogP contribution in [0, 0.1) is 27.4 Å².